The predicted molar refractivity (Wildman–Crippen MR) is 106 cm³/mol. The Bertz CT molecular complexity index is 1180. The number of nitrogens with zero attached hydrogens (tertiary/aromatic N) is 1. The summed E-state index contributed by atoms with van der Waals surface area (Å²) in [6.07, 6.45) is -4.64. The number of alkyl halides is 3. The predicted octanol–water partition coefficient (Wildman–Crippen LogP) is 4.40. The minimum Gasteiger partial charge on any atom is -0.366 e. The first-order valence-corrected chi connectivity index (χ1v) is 9.01. The fourth-order valence-corrected chi connectivity index (χ4v) is 2.83. The summed E-state index contributed by atoms with van der Waals surface area (Å²) in [5.41, 5.74) is 3.77. The van der Waals surface area contributed by atoms with Gasteiger partial charge in [-0.2, -0.15) is 13.2 Å². The van der Waals surface area contributed by atoms with E-state index >= 15 is 0 Å². The highest BCUT2D eigenvalue weighted by Crippen LogP contribution is 2.37. The first-order valence-electron chi connectivity index (χ1n) is 9.01. The average Bonchev–Trinajstić information content (AvgIpc) is 2.70. The maximum atomic E-state index is 13.4. The molecule has 3 aromatic rings. The van der Waals surface area contributed by atoms with Gasteiger partial charge in [-0.3, -0.25) is 9.59 Å². The van der Waals surface area contributed by atoms with Gasteiger partial charge >= 0.3 is 6.18 Å². The van der Waals surface area contributed by atoms with Crippen LogP contribution in [0, 0.1) is 11.6 Å². The number of aromatic nitrogens is 1. The Morgan fingerprint density at radius 1 is 0.969 bits per heavy atom. The van der Waals surface area contributed by atoms with Crippen LogP contribution in [0.3, 0.4) is 0 Å². The zero-order valence-corrected chi connectivity index (χ0v) is 16.1. The number of pyridine rings is 1. The van der Waals surface area contributed by atoms with Gasteiger partial charge in [-0.25, -0.2) is 13.8 Å². The van der Waals surface area contributed by atoms with Crippen LogP contribution in [0.25, 0.3) is 0 Å². The van der Waals surface area contributed by atoms with Gasteiger partial charge in [0, 0.05) is 12.3 Å². The number of benzene rings is 2. The Labute approximate surface area is 178 Å². The van der Waals surface area contributed by atoms with Crippen LogP contribution in [-0.4, -0.2) is 16.8 Å². The summed E-state index contributed by atoms with van der Waals surface area (Å²) in [6, 6.07) is 9.51. The molecule has 2 amide bonds. The molecule has 3 rings (SSSR count). The maximum absolute atomic E-state index is 13.4. The summed E-state index contributed by atoms with van der Waals surface area (Å²) in [6.45, 7) is 0. The van der Waals surface area contributed by atoms with Crippen LogP contribution >= 0.6 is 0 Å². The lowest BCUT2D eigenvalue weighted by atomic mass is 10.1. The number of amides is 2. The van der Waals surface area contributed by atoms with Crippen molar-refractivity contribution in [2.24, 2.45) is 5.73 Å². The molecule has 0 atom stereocenters. The van der Waals surface area contributed by atoms with Crippen LogP contribution in [0.5, 0.6) is 0 Å². The third kappa shape index (κ3) is 5.36. The summed E-state index contributed by atoms with van der Waals surface area (Å²) in [7, 11) is 0. The van der Waals surface area contributed by atoms with E-state index in [0.29, 0.717) is 6.20 Å². The lowest BCUT2D eigenvalue weighted by Gasteiger charge is -2.17. The van der Waals surface area contributed by atoms with E-state index in [-0.39, 0.29) is 29.1 Å². The van der Waals surface area contributed by atoms with Gasteiger partial charge in [-0.05, 0) is 29.8 Å². The molecule has 11 heteroatoms. The SMILES string of the molecule is NC(=O)c1ccccc1Nc1cc(NC(=O)Cc2ccc(F)c(F)c2)ncc1C(F)(F)F. The lowest BCUT2D eigenvalue weighted by molar-refractivity contribution is -0.137. The number of nitrogens with two attached hydrogens (primary N) is 1. The van der Waals surface area contributed by atoms with Crippen molar-refractivity contribution in [1.29, 1.82) is 0 Å². The Morgan fingerprint density at radius 3 is 2.34 bits per heavy atom. The smallest absolute Gasteiger partial charge is 0.366 e. The molecule has 2 aromatic carbocycles. The second-order valence-electron chi connectivity index (χ2n) is 6.62. The average molecular weight is 450 g/mol. The maximum Gasteiger partial charge on any atom is 0.419 e. The molecule has 0 unspecified atom stereocenters. The van der Waals surface area contributed by atoms with E-state index in [1.165, 1.54) is 30.3 Å². The number of para-hydroxylation sites is 1. The third-order valence-electron chi connectivity index (χ3n) is 4.29. The van der Waals surface area contributed by atoms with Gasteiger partial charge in [0.15, 0.2) is 11.6 Å². The second-order valence-corrected chi connectivity index (χ2v) is 6.62. The number of anilines is 3. The van der Waals surface area contributed by atoms with E-state index in [0.717, 1.165) is 18.2 Å². The topological polar surface area (TPSA) is 97.1 Å². The van der Waals surface area contributed by atoms with Crippen LogP contribution in [0.4, 0.5) is 39.1 Å². The third-order valence-corrected chi connectivity index (χ3v) is 4.29. The highest BCUT2D eigenvalue weighted by molar-refractivity contribution is 5.99. The van der Waals surface area contributed by atoms with Crippen LogP contribution in [0.15, 0.2) is 54.7 Å². The molecule has 32 heavy (non-hydrogen) atoms. The molecule has 0 aliphatic carbocycles. The molecular weight excluding hydrogens is 435 g/mol. The molecular formula is C21H15F5N4O2. The van der Waals surface area contributed by atoms with Gasteiger partial charge in [-0.1, -0.05) is 18.2 Å². The van der Waals surface area contributed by atoms with Gasteiger partial charge in [-0.15, -0.1) is 0 Å². The van der Waals surface area contributed by atoms with Crippen molar-refractivity contribution >= 4 is 29.0 Å². The van der Waals surface area contributed by atoms with E-state index in [2.05, 4.69) is 15.6 Å². The van der Waals surface area contributed by atoms with E-state index in [9.17, 15) is 31.5 Å². The van der Waals surface area contributed by atoms with Gasteiger partial charge in [0.05, 0.1) is 28.9 Å². The van der Waals surface area contributed by atoms with Crippen LogP contribution in [0.2, 0.25) is 0 Å². The fraction of sp³-hybridized carbons (Fsp3) is 0.0952. The molecule has 0 saturated heterocycles. The summed E-state index contributed by atoms with van der Waals surface area (Å²) < 4.78 is 66.6. The van der Waals surface area contributed by atoms with Gasteiger partial charge in [0.25, 0.3) is 5.91 Å². The number of hydrogen-bond donors (Lipinski definition) is 3. The number of halogens is 5. The number of nitrogens with one attached hydrogen (secondary N) is 2. The van der Waals surface area contributed by atoms with E-state index in [1.807, 2.05) is 0 Å². The number of hydrogen-bond acceptors (Lipinski definition) is 4. The first-order chi connectivity index (χ1) is 15.0. The standard InChI is InChI=1S/C21H15F5N4O2/c22-14-6-5-11(7-15(14)23)8-19(31)30-18-9-17(13(10-28-18)21(24,25)26)29-16-4-2-1-3-12(16)20(27)32/h1-7,9-10H,8H2,(H2,27,32)(H2,28,29,30,31). The van der Waals surface area contributed by atoms with Crippen molar-refractivity contribution in [2.45, 2.75) is 12.6 Å². The zero-order valence-electron chi connectivity index (χ0n) is 16.1. The number of rotatable bonds is 6. The quantitative estimate of drug-likeness (QED) is 0.485. The van der Waals surface area contributed by atoms with Crippen LogP contribution < -0.4 is 16.4 Å². The van der Waals surface area contributed by atoms with E-state index < -0.39 is 40.9 Å². The van der Waals surface area contributed by atoms with E-state index in [4.69, 9.17) is 5.73 Å². The molecule has 6 nitrogen and oxygen atoms in total. The van der Waals surface area contributed by atoms with Crippen molar-refractivity contribution in [3.63, 3.8) is 0 Å². The molecule has 0 fully saturated rings. The molecule has 0 radical (unpaired) electrons. The molecule has 4 N–H and O–H groups in total. The summed E-state index contributed by atoms with van der Waals surface area (Å²) >= 11 is 0. The molecule has 0 saturated carbocycles. The van der Waals surface area contributed by atoms with Gasteiger partial charge < -0.3 is 16.4 Å². The Hall–Kier alpha value is -4.02. The summed E-state index contributed by atoms with van der Waals surface area (Å²) in [5.74, 6) is -4.01. The summed E-state index contributed by atoms with van der Waals surface area (Å²) in [5, 5.41) is 4.80. The molecule has 0 aliphatic heterocycles. The fourth-order valence-electron chi connectivity index (χ4n) is 2.83. The Balaban J connectivity index is 1.88. The van der Waals surface area contributed by atoms with Crippen molar-refractivity contribution in [3.8, 4) is 0 Å². The molecule has 166 valence electrons. The minimum absolute atomic E-state index is 0.0239. The lowest BCUT2D eigenvalue weighted by Crippen LogP contribution is -2.17. The Kier molecular flexibility index (Phi) is 6.37. The van der Waals surface area contributed by atoms with Crippen LogP contribution in [-0.2, 0) is 17.4 Å². The van der Waals surface area contributed by atoms with Crippen molar-refractivity contribution in [1.82, 2.24) is 4.98 Å². The molecule has 0 bridgehead atoms. The largest absolute Gasteiger partial charge is 0.419 e. The number of carbonyl (C=O) groups excluding carboxylic acids is 2. The first kappa shape index (κ1) is 22.7. The van der Waals surface area contributed by atoms with Crippen LogP contribution in [0.1, 0.15) is 21.5 Å². The minimum atomic E-state index is -4.79. The normalized spacial score (nSPS) is 11.2. The second kappa shape index (κ2) is 9.00. The van der Waals surface area contributed by atoms with Gasteiger partial charge in [0.1, 0.15) is 5.82 Å². The van der Waals surface area contributed by atoms with Crippen molar-refractivity contribution in [3.05, 3.63) is 83.1 Å². The molecule has 0 spiro atoms. The van der Waals surface area contributed by atoms with Crippen molar-refractivity contribution < 1.29 is 31.5 Å². The summed E-state index contributed by atoms with van der Waals surface area (Å²) in [4.78, 5) is 27.4. The number of primary amides is 1. The highest BCUT2D eigenvalue weighted by atomic mass is 19.4. The Morgan fingerprint density at radius 2 is 1.69 bits per heavy atom. The van der Waals surface area contributed by atoms with Crippen molar-refractivity contribution in [2.75, 3.05) is 10.6 Å². The monoisotopic (exact) mass is 450 g/mol. The van der Waals surface area contributed by atoms with Gasteiger partial charge in [0.2, 0.25) is 5.91 Å². The zero-order chi connectivity index (χ0) is 23.5. The highest BCUT2D eigenvalue weighted by Gasteiger charge is 2.34. The number of carbonyl (C=O) groups is 2. The molecule has 0 aliphatic rings. The molecule has 1 heterocycles. The van der Waals surface area contributed by atoms with E-state index in [1.54, 1.807) is 0 Å². The molecule has 1 aromatic heterocycles.